The smallest absolute Gasteiger partial charge is 0.242 e. The van der Waals surface area contributed by atoms with Crippen molar-refractivity contribution in [1.29, 1.82) is 0 Å². The van der Waals surface area contributed by atoms with Crippen molar-refractivity contribution < 1.29 is 14.3 Å². The summed E-state index contributed by atoms with van der Waals surface area (Å²) in [7, 11) is 1.60. The van der Waals surface area contributed by atoms with Gasteiger partial charge in [0.05, 0.1) is 18.8 Å². The zero-order valence-electron chi connectivity index (χ0n) is 18.7. The number of benzene rings is 2. The molecule has 31 heavy (non-hydrogen) atoms. The molecule has 3 rings (SSSR count). The minimum Gasteiger partial charge on any atom is -0.383 e. The average molecular weight is 440 g/mol. The van der Waals surface area contributed by atoms with Crippen LogP contribution < -0.4 is 5.32 Å². The zero-order valence-corrected chi connectivity index (χ0v) is 19.5. The van der Waals surface area contributed by atoms with Crippen LogP contribution in [0.2, 0.25) is 0 Å². The van der Waals surface area contributed by atoms with Gasteiger partial charge in [-0.3, -0.25) is 14.5 Å². The Labute approximate surface area is 188 Å². The third-order valence-corrected chi connectivity index (χ3v) is 6.55. The van der Waals surface area contributed by atoms with Gasteiger partial charge in [0, 0.05) is 19.2 Å². The fourth-order valence-electron chi connectivity index (χ4n) is 3.39. The topological polar surface area (TPSA) is 71.0 Å². The van der Waals surface area contributed by atoms with Gasteiger partial charge in [-0.1, -0.05) is 36.0 Å². The van der Waals surface area contributed by atoms with Crippen molar-refractivity contribution in [1.82, 2.24) is 4.90 Å². The van der Waals surface area contributed by atoms with Crippen molar-refractivity contribution in [2.24, 2.45) is 4.99 Å². The van der Waals surface area contributed by atoms with Crippen molar-refractivity contribution in [3.63, 3.8) is 0 Å². The van der Waals surface area contributed by atoms with E-state index < -0.39 is 5.25 Å². The molecule has 1 fully saturated rings. The van der Waals surface area contributed by atoms with E-state index in [4.69, 9.17) is 9.73 Å². The predicted octanol–water partition coefficient (Wildman–Crippen LogP) is 4.53. The van der Waals surface area contributed by atoms with Crippen molar-refractivity contribution in [3.8, 4) is 0 Å². The molecule has 1 aliphatic rings. The number of hydrogen-bond acceptors (Lipinski definition) is 5. The molecule has 6 nitrogen and oxygen atoms in total. The highest BCUT2D eigenvalue weighted by molar-refractivity contribution is 8.15. The Morgan fingerprint density at radius 3 is 2.45 bits per heavy atom. The Bertz CT molecular complexity index is 999. The molecule has 1 N–H and O–H groups in total. The monoisotopic (exact) mass is 439 g/mol. The van der Waals surface area contributed by atoms with Gasteiger partial charge in [0.15, 0.2) is 5.17 Å². The van der Waals surface area contributed by atoms with Crippen molar-refractivity contribution in [2.75, 3.05) is 25.6 Å². The van der Waals surface area contributed by atoms with Crippen molar-refractivity contribution in [2.45, 2.75) is 39.4 Å². The number of carbonyl (C=O) groups excluding carboxylic acids is 2. The molecule has 0 saturated carbocycles. The quantitative estimate of drug-likeness (QED) is 0.688. The number of amides is 2. The maximum Gasteiger partial charge on any atom is 0.242 e. The molecule has 164 valence electrons. The van der Waals surface area contributed by atoms with Crippen LogP contribution in [0.4, 0.5) is 11.4 Å². The van der Waals surface area contributed by atoms with E-state index in [2.05, 4.69) is 12.2 Å². The van der Waals surface area contributed by atoms with Gasteiger partial charge in [-0.15, -0.1) is 0 Å². The molecule has 2 aromatic carbocycles. The number of para-hydroxylation sites is 1. The number of carbonyl (C=O) groups is 2. The number of nitrogens with one attached hydrogen (secondary N) is 1. The third kappa shape index (κ3) is 5.54. The van der Waals surface area contributed by atoms with E-state index in [1.807, 2.05) is 57.2 Å². The maximum atomic E-state index is 13.0. The van der Waals surface area contributed by atoms with E-state index in [1.165, 1.54) is 17.3 Å². The molecule has 0 bridgehead atoms. The molecular weight excluding hydrogens is 410 g/mol. The fraction of sp³-hybridized carbons (Fsp3) is 0.375. The second-order valence-electron chi connectivity index (χ2n) is 7.77. The molecule has 0 spiro atoms. The van der Waals surface area contributed by atoms with Crippen LogP contribution in [0.25, 0.3) is 0 Å². The van der Waals surface area contributed by atoms with Crippen LogP contribution in [0.15, 0.2) is 41.4 Å². The van der Waals surface area contributed by atoms with E-state index in [-0.39, 0.29) is 18.2 Å². The number of aliphatic imine (C=N–C) groups is 1. The van der Waals surface area contributed by atoms with Crippen LogP contribution in [0.1, 0.15) is 28.7 Å². The summed E-state index contributed by atoms with van der Waals surface area (Å²) >= 11 is 1.34. The summed E-state index contributed by atoms with van der Waals surface area (Å²) in [6, 6.07) is 11.8. The zero-order chi connectivity index (χ0) is 22.5. The minimum atomic E-state index is -0.508. The first-order chi connectivity index (χ1) is 14.8. The van der Waals surface area contributed by atoms with E-state index in [0.717, 1.165) is 28.1 Å². The van der Waals surface area contributed by atoms with Crippen LogP contribution in [0, 0.1) is 27.7 Å². The normalized spacial score (nSPS) is 17.5. The maximum absolute atomic E-state index is 13.0. The van der Waals surface area contributed by atoms with Gasteiger partial charge >= 0.3 is 0 Å². The first-order valence-electron chi connectivity index (χ1n) is 10.3. The molecule has 1 unspecified atom stereocenters. The Morgan fingerprint density at radius 1 is 1.10 bits per heavy atom. The molecule has 1 aliphatic heterocycles. The molecule has 2 aromatic rings. The Balaban J connectivity index is 1.78. The number of anilines is 1. The summed E-state index contributed by atoms with van der Waals surface area (Å²) in [5.41, 5.74) is 5.93. The lowest BCUT2D eigenvalue weighted by Crippen LogP contribution is -2.35. The van der Waals surface area contributed by atoms with Gasteiger partial charge in [0.2, 0.25) is 11.8 Å². The number of methoxy groups -OCH3 is 1. The van der Waals surface area contributed by atoms with Gasteiger partial charge in [-0.25, -0.2) is 4.99 Å². The predicted molar refractivity (Wildman–Crippen MR) is 127 cm³/mol. The first-order valence-corrected chi connectivity index (χ1v) is 11.2. The van der Waals surface area contributed by atoms with Crippen LogP contribution >= 0.6 is 11.8 Å². The molecule has 0 radical (unpaired) electrons. The van der Waals surface area contributed by atoms with Gasteiger partial charge < -0.3 is 10.1 Å². The summed E-state index contributed by atoms with van der Waals surface area (Å²) < 4.78 is 5.17. The Kier molecular flexibility index (Phi) is 7.51. The number of amidine groups is 1. The molecule has 1 saturated heterocycles. The van der Waals surface area contributed by atoms with E-state index in [1.54, 1.807) is 12.0 Å². The van der Waals surface area contributed by atoms with Gasteiger partial charge in [-0.2, -0.15) is 0 Å². The number of aryl methyl sites for hydroxylation is 4. The Hall–Kier alpha value is -2.64. The highest BCUT2D eigenvalue weighted by atomic mass is 32.2. The summed E-state index contributed by atoms with van der Waals surface area (Å²) in [6.07, 6.45) is 0.0900. The molecule has 1 atom stereocenters. The fourth-order valence-corrected chi connectivity index (χ4v) is 4.57. The van der Waals surface area contributed by atoms with Gasteiger partial charge in [0.25, 0.3) is 0 Å². The van der Waals surface area contributed by atoms with Crippen molar-refractivity contribution in [3.05, 3.63) is 58.7 Å². The molecule has 7 heteroatoms. The number of thioether (sulfide) groups is 1. The molecule has 1 heterocycles. The second-order valence-corrected chi connectivity index (χ2v) is 8.94. The number of nitrogens with zero attached hydrogens (tertiary/aromatic N) is 2. The molecule has 2 amide bonds. The first kappa shape index (κ1) is 23.0. The summed E-state index contributed by atoms with van der Waals surface area (Å²) in [5.74, 6) is -0.288. The van der Waals surface area contributed by atoms with E-state index in [0.29, 0.717) is 18.3 Å². The summed E-state index contributed by atoms with van der Waals surface area (Å²) in [4.78, 5) is 32.1. The molecule has 0 aliphatic carbocycles. The largest absolute Gasteiger partial charge is 0.383 e. The van der Waals surface area contributed by atoms with Crippen LogP contribution in [-0.4, -0.2) is 47.4 Å². The lowest BCUT2D eigenvalue weighted by Gasteiger charge is -2.16. The third-order valence-electron chi connectivity index (χ3n) is 5.37. The summed E-state index contributed by atoms with van der Waals surface area (Å²) in [5, 5.41) is 3.07. The minimum absolute atomic E-state index is 0.0900. The SMILES string of the molecule is COCCN1C(=O)C(CC(=O)Nc2c(C)cccc2C)SC1=Nc1ccc(C)c(C)c1. The highest BCUT2D eigenvalue weighted by Crippen LogP contribution is 2.32. The number of hydrogen-bond donors (Lipinski definition) is 1. The Morgan fingerprint density at radius 2 is 1.81 bits per heavy atom. The summed E-state index contributed by atoms with van der Waals surface area (Å²) in [6.45, 7) is 8.81. The standard InChI is InChI=1S/C24H29N3O3S/c1-15-9-10-19(13-18(15)4)25-24-27(11-12-30-5)23(29)20(31-24)14-21(28)26-22-16(2)7-6-8-17(22)3/h6-10,13,20H,11-12,14H2,1-5H3,(H,26,28). The highest BCUT2D eigenvalue weighted by Gasteiger charge is 2.39. The lowest BCUT2D eigenvalue weighted by molar-refractivity contribution is -0.128. The molecule has 0 aromatic heterocycles. The van der Waals surface area contributed by atoms with Gasteiger partial charge in [0.1, 0.15) is 5.25 Å². The molecular formula is C24H29N3O3S. The van der Waals surface area contributed by atoms with Crippen molar-refractivity contribution >= 4 is 40.1 Å². The van der Waals surface area contributed by atoms with Gasteiger partial charge in [-0.05, 0) is 62.1 Å². The van der Waals surface area contributed by atoms with Crippen LogP contribution in [-0.2, 0) is 14.3 Å². The number of rotatable bonds is 7. The number of ether oxygens (including phenoxy) is 1. The van der Waals surface area contributed by atoms with Crippen LogP contribution in [0.5, 0.6) is 0 Å². The van der Waals surface area contributed by atoms with E-state index in [9.17, 15) is 9.59 Å². The van der Waals surface area contributed by atoms with E-state index >= 15 is 0 Å². The van der Waals surface area contributed by atoms with Crippen LogP contribution in [0.3, 0.4) is 0 Å². The second kappa shape index (κ2) is 10.1. The average Bonchev–Trinajstić information content (AvgIpc) is 3.00. The lowest BCUT2D eigenvalue weighted by atomic mass is 10.1.